The standard InChI is InChI=1S/C21H30N2S/c1-13-4-5-19(6-14(13)2)23-20(24)22-15(3)21-10-16-7-17(11-21)9-18(8-16)12-21/h4-6,15-18H,7-12H2,1-3H3,(H2,22,23,24)/t15-,16?,17?,18?,21?/m1/s1. The zero-order valence-electron chi connectivity index (χ0n) is 15.2. The number of rotatable bonds is 3. The van der Waals surface area contributed by atoms with Crippen molar-refractivity contribution < 1.29 is 0 Å². The van der Waals surface area contributed by atoms with Crippen molar-refractivity contribution in [2.75, 3.05) is 5.32 Å². The topological polar surface area (TPSA) is 24.1 Å². The lowest BCUT2D eigenvalue weighted by atomic mass is 9.48. The summed E-state index contributed by atoms with van der Waals surface area (Å²) in [5, 5.41) is 7.81. The number of aryl methyl sites for hydroxylation is 2. The third-order valence-electron chi connectivity index (χ3n) is 7.12. The van der Waals surface area contributed by atoms with Crippen LogP contribution in [0.25, 0.3) is 0 Å². The Morgan fingerprint density at radius 3 is 2.17 bits per heavy atom. The van der Waals surface area contributed by atoms with Gasteiger partial charge in [0.1, 0.15) is 0 Å². The fraction of sp³-hybridized carbons (Fsp3) is 0.667. The molecule has 0 saturated heterocycles. The van der Waals surface area contributed by atoms with Crippen LogP contribution in [-0.4, -0.2) is 11.2 Å². The average molecular weight is 343 g/mol. The first kappa shape index (κ1) is 16.4. The maximum atomic E-state index is 5.62. The molecule has 4 saturated carbocycles. The summed E-state index contributed by atoms with van der Waals surface area (Å²) in [4.78, 5) is 0. The second kappa shape index (κ2) is 6.01. The minimum absolute atomic E-state index is 0.470. The molecule has 0 heterocycles. The van der Waals surface area contributed by atoms with E-state index in [9.17, 15) is 0 Å². The highest BCUT2D eigenvalue weighted by Gasteiger charge is 2.53. The number of anilines is 1. The Morgan fingerprint density at radius 2 is 1.62 bits per heavy atom. The molecule has 4 aliphatic rings. The van der Waals surface area contributed by atoms with Crippen LogP contribution in [0.4, 0.5) is 5.69 Å². The Labute approximate surface area is 151 Å². The van der Waals surface area contributed by atoms with Gasteiger partial charge in [-0.1, -0.05) is 6.07 Å². The molecule has 130 valence electrons. The summed E-state index contributed by atoms with van der Waals surface area (Å²) in [6.07, 6.45) is 8.74. The maximum absolute atomic E-state index is 5.62. The Balaban J connectivity index is 1.41. The van der Waals surface area contributed by atoms with Gasteiger partial charge in [-0.3, -0.25) is 0 Å². The summed E-state index contributed by atoms with van der Waals surface area (Å²) >= 11 is 5.62. The lowest BCUT2D eigenvalue weighted by Gasteiger charge is -2.59. The molecular formula is C21H30N2S. The molecule has 1 aromatic carbocycles. The van der Waals surface area contributed by atoms with E-state index in [-0.39, 0.29) is 0 Å². The van der Waals surface area contributed by atoms with Crippen molar-refractivity contribution in [1.29, 1.82) is 0 Å². The summed E-state index contributed by atoms with van der Waals surface area (Å²) in [6.45, 7) is 6.65. The van der Waals surface area contributed by atoms with Crippen molar-refractivity contribution in [2.45, 2.75) is 65.3 Å². The molecule has 24 heavy (non-hydrogen) atoms. The number of hydrogen-bond donors (Lipinski definition) is 2. The maximum Gasteiger partial charge on any atom is 0.171 e. The van der Waals surface area contributed by atoms with Crippen LogP contribution in [0.15, 0.2) is 18.2 Å². The Bertz CT molecular complexity index is 616. The third-order valence-corrected chi connectivity index (χ3v) is 7.34. The van der Waals surface area contributed by atoms with Crippen LogP contribution in [0, 0.1) is 37.0 Å². The molecule has 0 radical (unpaired) electrons. The molecule has 4 bridgehead atoms. The van der Waals surface area contributed by atoms with Gasteiger partial charge in [-0.05, 0) is 118 Å². The highest BCUT2D eigenvalue weighted by Crippen LogP contribution is 2.61. The van der Waals surface area contributed by atoms with Gasteiger partial charge in [-0.15, -0.1) is 0 Å². The van der Waals surface area contributed by atoms with Crippen LogP contribution in [0.3, 0.4) is 0 Å². The highest BCUT2D eigenvalue weighted by atomic mass is 32.1. The van der Waals surface area contributed by atoms with Crippen LogP contribution in [0.1, 0.15) is 56.6 Å². The van der Waals surface area contributed by atoms with Crippen molar-refractivity contribution in [1.82, 2.24) is 5.32 Å². The third kappa shape index (κ3) is 2.96. The minimum Gasteiger partial charge on any atom is -0.359 e. The molecule has 0 amide bonds. The Hall–Kier alpha value is -1.09. The number of thiocarbonyl (C=S) groups is 1. The normalized spacial score (nSPS) is 34.9. The number of benzene rings is 1. The van der Waals surface area contributed by atoms with Gasteiger partial charge in [0, 0.05) is 11.7 Å². The number of nitrogens with one attached hydrogen (secondary N) is 2. The van der Waals surface area contributed by atoms with Gasteiger partial charge in [0.15, 0.2) is 5.11 Å². The molecule has 4 fully saturated rings. The summed E-state index contributed by atoms with van der Waals surface area (Å²) in [7, 11) is 0. The SMILES string of the molecule is Cc1ccc(NC(=S)N[C@H](C)C23CC4CC(CC(C4)C2)C3)cc1C. The van der Waals surface area contributed by atoms with Crippen molar-refractivity contribution in [3.8, 4) is 0 Å². The van der Waals surface area contributed by atoms with Crippen molar-refractivity contribution in [3.05, 3.63) is 29.3 Å². The molecule has 2 nitrogen and oxygen atoms in total. The van der Waals surface area contributed by atoms with Crippen LogP contribution >= 0.6 is 12.2 Å². The van der Waals surface area contributed by atoms with Gasteiger partial charge in [-0.2, -0.15) is 0 Å². The molecule has 5 rings (SSSR count). The quantitative estimate of drug-likeness (QED) is 0.739. The Kier molecular flexibility index (Phi) is 4.11. The molecule has 1 aromatic rings. The minimum atomic E-state index is 0.470. The summed E-state index contributed by atoms with van der Waals surface area (Å²) in [5.74, 6) is 2.96. The first-order valence-corrected chi connectivity index (χ1v) is 9.99. The van der Waals surface area contributed by atoms with E-state index >= 15 is 0 Å². The highest BCUT2D eigenvalue weighted by molar-refractivity contribution is 7.80. The van der Waals surface area contributed by atoms with Gasteiger partial charge in [0.05, 0.1) is 0 Å². The number of hydrogen-bond acceptors (Lipinski definition) is 1. The molecule has 2 N–H and O–H groups in total. The first-order valence-electron chi connectivity index (χ1n) is 9.58. The van der Waals surface area contributed by atoms with E-state index in [1.165, 1.54) is 49.7 Å². The molecule has 0 spiro atoms. The lowest BCUT2D eigenvalue weighted by molar-refractivity contribution is -0.0671. The summed E-state index contributed by atoms with van der Waals surface area (Å²) in [6, 6.07) is 6.92. The Morgan fingerprint density at radius 1 is 1.04 bits per heavy atom. The smallest absolute Gasteiger partial charge is 0.171 e. The predicted molar refractivity (Wildman–Crippen MR) is 105 cm³/mol. The fourth-order valence-electron chi connectivity index (χ4n) is 6.04. The second-order valence-corrected chi connectivity index (χ2v) is 9.31. The van der Waals surface area contributed by atoms with E-state index in [2.05, 4.69) is 49.6 Å². The van der Waals surface area contributed by atoms with Crippen LogP contribution < -0.4 is 10.6 Å². The molecule has 4 aliphatic carbocycles. The van der Waals surface area contributed by atoms with Crippen molar-refractivity contribution in [3.63, 3.8) is 0 Å². The van der Waals surface area contributed by atoms with Crippen molar-refractivity contribution >= 4 is 23.0 Å². The van der Waals surface area contributed by atoms with E-state index in [4.69, 9.17) is 12.2 Å². The summed E-state index contributed by atoms with van der Waals surface area (Å²) < 4.78 is 0. The zero-order chi connectivity index (χ0) is 16.9. The van der Waals surface area contributed by atoms with Gasteiger partial charge >= 0.3 is 0 Å². The molecule has 1 atom stereocenters. The molecule has 0 unspecified atom stereocenters. The summed E-state index contributed by atoms with van der Waals surface area (Å²) in [5.41, 5.74) is 4.20. The first-order chi connectivity index (χ1) is 11.4. The van der Waals surface area contributed by atoms with Crippen molar-refractivity contribution in [2.24, 2.45) is 23.2 Å². The second-order valence-electron chi connectivity index (χ2n) is 8.90. The van der Waals surface area contributed by atoms with Gasteiger partial charge < -0.3 is 10.6 Å². The monoisotopic (exact) mass is 342 g/mol. The predicted octanol–water partition coefficient (Wildman–Crippen LogP) is 5.19. The van der Waals surface area contributed by atoms with Crippen LogP contribution in [0.2, 0.25) is 0 Å². The van der Waals surface area contributed by atoms with Crippen LogP contribution in [0.5, 0.6) is 0 Å². The zero-order valence-corrected chi connectivity index (χ0v) is 16.0. The molecule has 0 aromatic heterocycles. The van der Waals surface area contributed by atoms with Gasteiger partial charge in [-0.25, -0.2) is 0 Å². The molecule has 0 aliphatic heterocycles. The van der Waals surface area contributed by atoms with Crippen LogP contribution in [-0.2, 0) is 0 Å². The van der Waals surface area contributed by atoms with Gasteiger partial charge in [0.25, 0.3) is 0 Å². The van der Waals surface area contributed by atoms with E-state index < -0.39 is 0 Å². The van der Waals surface area contributed by atoms with E-state index in [1.807, 2.05) is 0 Å². The van der Waals surface area contributed by atoms with Gasteiger partial charge in [0.2, 0.25) is 0 Å². The van der Waals surface area contributed by atoms with E-state index in [0.717, 1.165) is 28.6 Å². The lowest BCUT2D eigenvalue weighted by Crippen LogP contribution is -2.56. The molecular weight excluding hydrogens is 312 g/mol. The molecule has 3 heteroatoms. The fourth-order valence-corrected chi connectivity index (χ4v) is 6.34. The largest absolute Gasteiger partial charge is 0.359 e. The van der Waals surface area contributed by atoms with E-state index in [1.54, 1.807) is 0 Å². The van der Waals surface area contributed by atoms with E-state index in [0.29, 0.717) is 11.5 Å². The average Bonchev–Trinajstić information content (AvgIpc) is 2.49.